The predicted molar refractivity (Wildman–Crippen MR) is 73.5 cm³/mol. The Bertz CT molecular complexity index is 473. The van der Waals surface area contributed by atoms with Gasteiger partial charge in [-0.05, 0) is 41.0 Å². The number of benzene rings is 1. The molecule has 3 nitrogen and oxygen atoms in total. The number of hydrogen-bond donors (Lipinski definition) is 1. The van der Waals surface area contributed by atoms with E-state index in [0.717, 1.165) is 0 Å². The van der Waals surface area contributed by atoms with Gasteiger partial charge in [-0.1, -0.05) is 23.4 Å². The molecule has 1 aromatic rings. The molecule has 1 rings (SSSR count). The van der Waals surface area contributed by atoms with Crippen LogP contribution in [0.5, 0.6) is 0 Å². The fraction of sp³-hybridized carbons (Fsp3) is 0.111. The van der Waals surface area contributed by atoms with E-state index in [0.29, 0.717) is 14.4 Å². The molecule has 0 spiro atoms. The Balaban J connectivity index is 3.14. The second-order valence-electron chi connectivity index (χ2n) is 2.58. The first-order valence-electron chi connectivity index (χ1n) is 4.00. The molecule has 16 heavy (non-hydrogen) atoms. The van der Waals surface area contributed by atoms with Gasteiger partial charge in [-0.2, -0.15) is 5.26 Å². The van der Waals surface area contributed by atoms with E-state index < -0.39 is 0 Å². The molecular weight excluding hydrogens is 364 g/mol. The third-order valence-electron chi connectivity index (χ3n) is 1.57. The lowest BCUT2D eigenvalue weighted by Gasteiger charge is -2.03. The predicted octanol–water partition coefficient (Wildman–Crippen LogP) is 3.50. The molecule has 0 unspecified atom stereocenters. The second-order valence-corrected chi connectivity index (χ2v) is 4.94. The van der Waals surface area contributed by atoms with E-state index >= 15 is 0 Å². The van der Waals surface area contributed by atoms with Gasteiger partial charge in [0.25, 0.3) is 0 Å². The van der Waals surface area contributed by atoms with Crippen LogP contribution in [0.15, 0.2) is 17.1 Å². The summed E-state index contributed by atoms with van der Waals surface area (Å²) in [4.78, 5) is 4.11. The maximum Gasteiger partial charge on any atom is 0.183 e. The molecule has 7 heteroatoms. The highest BCUT2D eigenvalue weighted by Crippen LogP contribution is 2.29. The number of nitrogens with one attached hydrogen (secondary N) is 1. The van der Waals surface area contributed by atoms with E-state index in [2.05, 4.69) is 10.3 Å². The Labute approximate surface area is 115 Å². The minimum absolute atomic E-state index is 0.212. The van der Waals surface area contributed by atoms with E-state index in [1.54, 1.807) is 12.4 Å². The summed E-state index contributed by atoms with van der Waals surface area (Å²) < 4.78 is 13.5. The lowest BCUT2D eigenvalue weighted by molar-refractivity contribution is 0.620. The zero-order chi connectivity index (χ0) is 12.1. The molecule has 0 saturated carbocycles. The second kappa shape index (κ2) is 6.27. The van der Waals surface area contributed by atoms with Crippen LogP contribution in [-0.2, 0) is 0 Å². The van der Waals surface area contributed by atoms with Crippen molar-refractivity contribution in [3.63, 3.8) is 0 Å². The molecule has 84 valence electrons. The van der Waals surface area contributed by atoms with Crippen LogP contribution >= 0.6 is 46.0 Å². The van der Waals surface area contributed by atoms with E-state index in [1.165, 1.54) is 23.9 Å². The van der Waals surface area contributed by atoms with Gasteiger partial charge >= 0.3 is 0 Å². The van der Waals surface area contributed by atoms with Crippen molar-refractivity contribution in [1.82, 2.24) is 5.32 Å². The molecule has 0 fully saturated rings. The van der Waals surface area contributed by atoms with Gasteiger partial charge in [0.1, 0.15) is 5.82 Å². The lowest BCUT2D eigenvalue weighted by atomic mass is 10.3. The summed E-state index contributed by atoms with van der Waals surface area (Å²) in [7, 11) is 0. The number of nitriles is 1. The minimum atomic E-state index is -0.386. The van der Waals surface area contributed by atoms with Gasteiger partial charge < -0.3 is 0 Å². The van der Waals surface area contributed by atoms with Crippen molar-refractivity contribution in [3.8, 4) is 6.19 Å². The van der Waals surface area contributed by atoms with Crippen molar-refractivity contribution in [3.05, 3.63) is 26.5 Å². The van der Waals surface area contributed by atoms with Crippen molar-refractivity contribution in [2.45, 2.75) is 0 Å². The number of amidine groups is 1. The first-order chi connectivity index (χ1) is 7.58. The molecule has 0 aliphatic rings. The largest absolute Gasteiger partial charge is 0.271 e. The number of thioether (sulfide) groups is 1. The number of rotatable bonds is 1. The molecule has 1 aromatic carbocycles. The van der Waals surface area contributed by atoms with Crippen LogP contribution < -0.4 is 5.32 Å². The zero-order valence-electron chi connectivity index (χ0n) is 8.09. The zero-order valence-corrected chi connectivity index (χ0v) is 11.8. The Morgan fingerprint density at radius 3 is 2.94 bits per heavy atom. The monoisotopic (exact) mass is 369 g/mol. The van der Waals surface area contributed by atoms with Crippen LogP contribution in [0.3, 0.4) is 0 Å². The first-order valence-corrected chi connectivity index (χ1v) is 6.69. The summed E-state index contributed by atoms with van der Waals surface area (Å²) >= 11 is 8.95. The normalized spacial score (nSPS) is 11.1. The summed E-state index contributed by atoms with van der Waals surface area (Å²) in [6, 6.07) is 2.72. The third kappa shape index (κ3) is 3.50. The average molecular weight is 370 g/mol. The molecule has 0 atom stereocenters. The van der Waals surface area contributed by atoms with Gasteiger partial charge in [-0.3, -0.25) is 5.32 Å². The highest BCUT2D eigenvalue weighted by Gasteiger charge is 2.07. The molecule has 0 bridgehead atoms. The molecule has 0 radical (unpaired) electrons. The Hall–Kier alpha value is -0.520. The van der Waals surface area contributed by atoms with Gasteiger partial charge in [-0.25, -0.2) is 9.38 Å². The number of hydrogen-bond acceptors (Lipinski definition) is 3. The van der Waals surface area contributed by atoms with Crippen molar-refractivity contribution >= 4 is 56.8 Å². The van der Waals surface area contributed by atoms with E-state index in [-0.39, 0.29) is 10.8 Å². The molecule has 0 saturated heterocycles. The van der Waals surface area contributed by atoms with Crippen LogP contribution in [0.2, 0.25) is 5.02 Å². The van der Waals surface area contributed by atoms with Crippen LogP contribution in [0.25, 0.3) is 0 Å². The summed E-state index contributed by atoms with van der Waals surface area (Å²) in [5, 5.41) is 11.5. The van der Waals surface area contributed by atoms with Crippen LogP contribution in [-0.4, -0.2) is 11.4 Å². The molecule has 0 aromatic heterocycles. The van der Waals surface area contributed by atoms with Gasteiger partial charge in [0.15, 0.2) is 11.4 Å². The van der Waals surface area contributed by atoms with Crippen molar-refractivity contribution in [1.29, 1.82) is 5.26 Å². The fourth-order valence-electron chi connectivity index (χ4n) is 0.880. The fourth-order valence-corrected chi connectivity index (χ4v) is 1.86. The van der Waals surface area contributed by atoms with Crippen molar-refractivity contribution < 1.29 is 4.39 Å². The standard InChI is InChI=1S/C9H6ClFIN3S/c1-16-9(14-4-13)15-8-3-7(12)6(11)2-5(8)10/h2-3H,1H3,(H,14,15). The van der Waals surface area contributed by atoms with Gasteiger partial charge in [0.2, 0.25) is 0 Å². The maximum absolute atomic E-state index is 13.1. The van der Waals surface area contributed by atoms with E-state index in [1.807, 2.05) is 22.6 Å². The topological polar surface area (TPSA) is 48.2 Å². The summed E-state index contributed by atoms with van der Waals surface area (Å²) in [5.74, 6) is -0.386. The summed E-state index contributed by atoms with van der Waals surface area (Å²) in [6.45, 7) is 0. The highest BCUT2D eigenvalue weighted by atomic mass is 127. The van der Waals surface area contributed by atoms with Crippen LogP contribution in [0, 0.1) is 20.8 Å². The first kappa shape index (κ1) is 13.5. The van der Waals surface area contributed by atoms with E-state index in [9.17, 15) is 4.39 Å². The van der Waals surface area contributed by atoms with Crippen molar-refractivity contribution in [2.75, 3.05) is 6.26 Å². The third-order valence-corrected chi connectivity index (χ3v) is 3.28. The van der Waals surface area contributed by atoms with Gasteiger partial charge in [0, 0.05) is 0 Å². The lowest BCUT2D eigenvalue weighted by Crippen LogP contribution is -2.12. The number of aliphatic imine (C=N–C) groups is 1. The quantitative estimate of drug-likeness (QED) is 0.206. The number of halogens is 3. The van der Waals surface area contributed by atoms with Crippen molar-refractivity contribution in [2.24, 2.45) is 4.99 Å². The Morgan fingerprint density at radius 2 is 2.38 bits per heavy atom. The molecule has 0 amide bonds. The summed E-state index contributed by atoms with van der Waals surface area (Å²) in [5.41, 5.74) is 0.430. The molecule has 0 aliphatic carbocycles. The van der Waals surface area contributed by atoms with Gasteiger partial charge in [0.05, 0.1) is 14.3 Å². The average Bonchev–Trinajstić information content (AvgIpc) is 2.25. The SMILES string of the molecule is CSC(=Nc1cc(I)c(F)cc1Cl)NC#N. The highest BCUT2D eigenvalue weighted by molar-refractivity contribution is 14.1. The van der Waals surface area contributed by atoms with Crippen LogP contribution in [0.4, 0.5) is 10.1 Å². The smallest absolute Gasteiger partial charge is 0.183 e. The minimum Gasteiger partial charge on any atom is -0.271 e. The van der Waals surface area contributed by atoms with Crippen LogP contribution in [0.1, 0.15) is 0 Å². The molecule has 0 aliphatic heterocycles. The molecular formula is C9H6ClFIN3S. The van der Waals surface area contributed by atoms with Gasteiger partial charge in [-0.15, -0.1) is 0 Å². The molecule has 0 heterocycles. The molecule has 1 N–H and O–H groups in total. The Kier molecular flexibility index (Phi) is 5.31. The summed E-state index contributed by atoms with van der Waals surface area (Å²) in [6.07, 6.45) is 3.53. The number of nitrogens with zero attached hydrogens (tertiary/aromatic N) is 2. The van der Waals surface area contributed by atoms with E-state index in [4.69, 9.17) is 16.9 Å². The maximum atomic E-state index is 13.1. The Morgan fingerprint density at radius 1 is 1.69 bits per heavy atom.